The lowest BCUT2D eigenvalue weighted by Gasteiger charge is -2.21. The molecule has 0 fully saturated rings. The zero-order valence-electron chi connectivity index (χ0n) is 14.0. The fraction of sp³-hybridized carbons (Fsp3) is 0.353. The second-order valence-electron chi connectivity index (χ2n) is 5.20. The number of rotatable bonds is 8. The minimum atomic E-state index is -0.593. The van der Waals surface area contributed by atoms with Crippen LogP contribution in [0.1, 0.15) is 33.2 Å². The molecule has 0 saturated carbocycles. The molecule has 1 heterocycles. The number of oxazole rings is 1. The Hall–Kier alpha value is -2.38. The van der Waals surface area contributed by atoms with E-state index in [1.54, 1.807) is 36.3 Å². The van der Waals surface area contributed by atoms with Gasteiger partial charge in [-0.2, -0.15) is 0 Å². The molecule has 1 amide bonds. The van der Waals surface area contributed by atoms with Crippen LogP contribution in [0.2, 0.25) is 5.02 Å². The Bertz CT molecular complexity index is 714. The first-order valence-corrected chi connectivity index (χ1v) is 7.99. The molecule has 0 spiro atoms. The fourth-order valence-corrected chi connectivity index (χ4v) is 2.30. The van der Waals surface area contributed by atoms with Crippen molar-refractivity contribution >= 4 is 23.5 Å². The number of aromatic nitrogens is 1. The Labute approximate surface area is 150 Å². The van der Waals surface area contributed by atoms with Crippen molar-refractivity contribution in [3.8, 4) is 0 Å². The standard InChI is InChI=1S/C17H19ClN2O5/c1-23-9-3-8-20(16(21)12-4-6-13(18)7-5-12)10-15-19-14(11-25-15)17(22)24-2/h4-7,11H,3,8-10H2,1-2H3. The van der Waals surface area contributed by atoms with Crippen LogP contribution < -0.4 is 0 Å². The molecule has 0 aliphatic heterocycles. The van der Waals surface area contributed by atoms with Gasteiger partial charge in [-0.05, 0) is 30.7 Å². The second kappa shape index (κ2) is 9.19. The van der Waals surface area contributed by atoms with Crippen LogP contribution in [0.4, 0.5) is 0 Å². The van der Waals surface area contributed by atoms with E-state index in [1.807, 2.05) is 0 Å². The maximum atomic E-state index is 12.7. The summed E-state index contributed by atoms with van der Waals surface area (Å²) in [6, 6.07) is 6.62. The summed E-state index contributed by atoms with van der Waals surface area (Å²) in [5.41, 5.74) is 0.565. The van der Waals surface area contributed by atoms with Crippen molar-refractivity contribution in [3.63, 3.8) is 0 Å². The molecule has 0 aliphatic rings. The van der Waals surface area contributed by atoms with Crippen molar-refractivity contribution in [1.29, 1.82) is 0 Å². The van der Waals surface area contributed by atoms with Crippen molar-refractivity contribution in [1.82, 2.24) is 9.88 Å². The van der Waals surface area contributed by atoms with Gasteiger partial charge in [-0.15, -0.1) is 0 Å². The molecule has 0 unspecified atom stereocenters. The molecule has 0 atom stereocenters. The van der Waals surface area contributed by atoms with Crippen LogP contribution in [0, 0.1) is 0 Å². The lowest BCUT2D eigenvalue weighted by molar-refractivity contribution is 0.0594. The second-order valence-corrected chi connectivity index (χ2v) is 5.63. The summed E-state index contributed by atoms with van der Waals surface area (Å²) in [5.74, 6) is -0.532. The summed E-state index contributed by atoms with van der Waals surface area (Å²) < 4.78 is 14.9. The molecule has 0 radical (unpaired) electrons. The van der Waals surface area contributed by atoms with E-state index in [1.165, 1.54) is 13.4 Å². The first kappa shape index (κ1) is 19.0. The Morgan fingerprint density at radius 3 is 2.60 bits per heavy atom. The molecule has 2 aromatic rings. The van der Waals surface area contributed by atoms with Gasteiger partial charge in [0.2, 0.25) is 5.89 Å². The molecule has 0 N–H and O–H groups in total. The SMILES string of the molecule is COCCCN(Cc1nc(C(=O)OC)co1)C(=O)c1ccc(Cl)cc1. The Morgan fingerprint density at radius 1 is 1.24 bits per heavy atom. The van der Waals surface area contributed by atoms with Crippen LogP contribution in [-0.2, 0) is 16.0 Å². The number of ether oxygens (including phenoxy) is 2. The number of esters is 1. The number of carbonyl (C=O) groups is 2. The van der Waals surface area contributed by atoms with E-state index >= 15 is 0 Å². The zero-order valence-corrected chi connectivity index (χ0v) is 14.8. The van der Waals surface area contributed by atoms with Crippen molar-refractivity contribution in [3.05, 3.63) is 52.7 Å². The van der Waals surface area contributed by atoms with Gasteiger partial charge in [0.15, 0.2) is 5.69 Å². The number of carbonyl (C=O) groups excluding carboxylic acids is 2. The summed E-state index contributed by atoms with van der Waals surface area (Å²) in [7, 11) is 2.86. The van der Waals surface area contributed by atoms with E-state index in [0.29, 0.717) is 30.2 Å². The highest BCUT2D eigenvalue weighted by Gasteiger charge is 2.20. The van der Waals surface area contributed by atoms with Crippen LogP contribution in [0.25, 0.3) is 0 Å². The van der Waals surface area contributed by atoms with Crippen molar-refractivity contribution in [2.75, 3.05) is 27.4 Å². The number of halogens is 1. The molecule has 0 saturated heterocycles. The van der Waals surface area contributed by atoms with E-state index in [-0.39, 0.29) is 24.0 Å². The predicted molar refractivity (Wildman–Crippen MR) is 90.5 cm³/mol. The Balaban J connectivity index is 2.14. The molecule has 0 aliphatic carbocycles. The summed E-state index contributed by atoms with van der Waals surface area (Å²) in [6.45, 7) is 1.09. The number of methoxy groups -OCH3 is 2. The van der Waals surface area contributed by atoms with Crippen LogP contribution in [0.3, 0.4) is 0 Å². The third-order valence-electron chi connectivity index (χ3n) is 3.43. The topological polar surface area (TPSA) is 81.9 Å². The van der Waals surface area contributed by atoms with Gasteiger partial charge in [-0.3, -0.25) is 4.79 Å². The summed E-state index contributed by atoms with van der Waals surface area (Å²) in [5, 5.41) is 0.554. The van der Waals surface area contributed by atoms with E-state index in [0.717, 1.165) is 0 Å². The molecular weight excluding hydrogens is 348 g/mol. The highest BCUT2D eigenvalue weighted by molar-refractivity contribution is 6.30. The Kier molecular flexibility index (Phi) is 6.97. The lowest BCUT2D eigenvalue weighted by Crippen LogP contribution is -2.32. The van der Waals surface area contributed by atoms with E-state index in [4.69, 9.17) is 20.8 Å². The first-order chi connectivity index (χ1) is 12.0. The van der Waals surface area contributed by atoms with Gasteiger partial charge in [0, 0.05) is 30.8 Å². The molecule has 8 heteroatoms. The molecule has 1 aromatic carbocycles. The van der Waals surface area contributed by atoms with Gasteiger partial charge in [-0.25, -0.2) is 9.78 Å². The fourth-order valence-electron chi connectivity index (χ4n) is 2.17. The third-order valence-corrected chi connectivity index (χ3v) is 3.68. The predicted octanol–water partition coefficient (Wildman–Crippen LogP) is 2.79. The number of benzene rings is 1. The summed E-state index contributed by atoms with van der Waals surface area (Å²) in [4.78, 5) is 29.8. The average molecular weight is 367 g/mol. The highest BCUT2D eigenvalue weighted by Crippen LogP contribution is 2.14. The van der Waals surface area contributed by atoms with Gasteiger partial charge in [0.05, 0.1) is 13.7 Å². The molecule has 7 nitrogen and oxygen atoms in total. The van der Waals surface area contributed by atoms with Crippen molar-refractivity contribution < 1.29 is 23.5 Å². The normalized spacial score (nSPS) is 10.5. The van der Waals surface area contributed by atoms with Crippen LogP contribution in [0.15, 0.2) is 34.9 Å². The largest absolute Gasteiger partial charge is 0.464 e. The number of amides is 1. The molecule has 25 heavy (non-hydrogen) atoms. The van der Waals surface area contributed by atoms with Crippen LogP contribution in [-0.4, -0.2) is 49.1 Å². The quantitative estimate of drug-likeness (QED) is 0.527. The molecule has 2 rings (SSSR count). The molecular formula is C17H19ClN2O5. The minimum Gasteiger partial charge on any atom is -0.464 e. The van der Waals surface area contributed by atoms with Crippen molar-refractivity contribution in [2.45, 2.75) is 13.0 Å². The van der Waals surface area contributed by atoms with Gasteiger partial charge >= 0.3 is 5.97 Å². The van der Waals surface area contributed by atoms with E-state index in [2.05, 4.69) is 9.72 Å². The number of hydrogen-bond acceptors (Lipinski definition) is 6. The molecule has 134 valence electrons. The minimum absolute atomic E-state index is 0.0632. The van der Waals surface area contributed by atoms with Crippen LogP contribution >= 0.6 is 11.6 Å². The van der Waals surface area contributed by atoms with Crippen LogP contribution in [0.5, 0.6) is 0 Å². The zero-order chi connectivity index (χ0) is 18.2. The average Bonchev–Trinajstić information content (AvgIpc) is 3.09. The number of nitrogens with zero attached hydrogens (tertiary/aromatic N) is 2. The van der Waals surface area contributed by atoms with Gasteiger partial charge in [0.25, 0.3) is 5.91 Å². The Morgan fingerprint density at radius 2 is 1.96 bits per heavy atom. The third kappa shape index (κ3) is 5.30. The molecule has 1 aromatic heterocycles. The maximum absolute atomic E-state index is 12.7. The maximum Gasteiger partial charge on any atom is 0.360 e. The summed E-state index contributed by atoms with van der Waals surface area (Å²) >= 11 is 5.86. The smallest absolute Gasteiger partial charge is 0.360 e. The monoisotopic (exact) mass is 366 g/mol. The molecule has 0 bridgehead atoms. The summed E-state index contributed by atoms with van der Waals surface area (Å²) in [6.07, 6.45) is 1.86. The van der Waals surface area contributed by atoms with Gasteiger partial charge in [0.1, 0.15) is 6.26 Å². The highest BCUT2D eigenvalue weighted by atomic mass is 35.5. The van der Waals surface area contributed by atoms with E-state index in [9.17, 15) is 9.59 Å². The van der Waals surface area contributed by atoms with Gasteiger partial charge < -0.3 is 18.8 Å². The van der Waals surface area contributed by atoms with Crippen molar-refractivity contribution in [2.24, 2.45) is 0 Å². The lowest BCUT2D eigenvalue weighted by atomic mass is 10.2. The van der Waals surface area contributed by atoms with Gasteiger partial charge in [-0.1, -0.05) is 11.6 Å². The number of hydrogen-bond donors (Lipinski definition) is 0. The van der Waals surface area contributed by atoms with E-state index < -0.39 is 5.97 Å². The first-order valence-electron chi connectivity index (χ1n) is 7.61.